The van der Waals surface area contributed by atoms with Gasteiger partial charge in [-0.1, -0.05) is 53.6 Å². The number of rotatable bonds is 3. The zero-order valence-electron chi connectivity index (χ0n) is 17.3. The topological polar surface area (TPSA) is 55.7 Å². The lowest BCUT2D eigenvalue weighted by Crippen LogP contribution is -2.41. The molecule has 2 aromatic carbocycles. The molecular formula is C25H24ClNO3. The Morgan fingerprint density at radius 1 is 0.967 bits per heavy atom. The first-order valence-electron chi connectivity index (χ1n) is 10.1. The lowest BCUT2D eigenvalue weighted by molar-refractivity contribution is -0.136. The first-order valence-corrected chi connectivity index (χ1v) is 10.5. The number of benzene rings is 2. The van der Waals surface area contributed by atoms with Gasteiger partial charge in [0.1, 0.15) is 5.78 Å². The summed E-state index contributed by atoms with van der Waals surface area (Å²) in [5.41, 5.74) is 5.11. The van der Waals surface area contributed by atoms with E-state index in [4.69, 9.17) is 21.3 Å². The fourth-order valence-corrected chi connectivity index (χ4v) is 4.78. The molecule has 1 fully saturated rings. The number of nitrogens with zero attached hydrogens (tertiary/aromatic N) is 1. The van der Waals surface area contributed by atoms with Crippen molar-refractivity contribution in [1.82, 2.24) is 0 Å². The van der Waals surface area contributed by atoms with Gasteiger partial charge >= 0.3 is 5.97 Å². The molecule has 3 atom stereocenters. The summed E-state index contributed by atoms with van der Waals surface area (Å²) >= 11 is 6.03. The number of halogens is 1. The van der Waals surface area contributed by atoms with Gasteiger partial charge in [0.25, 0.3) is 0 Å². The summed E-state index contributed by atoms with van der Waals surface area (Å²) in [6.45, 7) is 3.84. The Balaban J connectivity index is 1.78. The number of aryl methyl sites for hydroxylation is 1. The second-order valence-electron chi connectivity index (χ2n) is 8.08. The van der Waals surface area contributed by atoms with Crippen molar-refractivity contribution >= 4 is 29.1 Å². The van der Waals surface area contributed by atoms with Crippen LogP contribution in [0, 0.1) is 12.8 Å². The molecule has 1 unspecified atom stereocenters. The van der Waals surface area contributed by atoms with Crippen LogP contribution in [-0.2, 0) is 14.3 Å². The van der Waals surface area contributed by atoms with Crippen molar-refractivity contribution in [3.05, 3.63) is 81.5 Å². The Kier molecular flexibility index (Phi) is 5.61. The molecule has 1 aliphatic carbocycles. The van der Waals surface area contributed by atoms with Gasteiger partial charge in [-0.25, -0.2) is 4.79 Å². The standard InChI is InChI=1S/C25H24ClNO3/c1-14-4-6-17(7-5-14)23-22(25(29)30-3)15(2)27-20-12-18(13-21(28)24(20)23)16-8-10-19(26)11-9-16/h4-11,18,23-24H,12-13H2,1-3H3/t18-,23+,24?/m1/s1. The van der Waals surface area contributed by atoms with Crippen molar-refractivity contribution < 1.29 is 14.3 Å². The van der Waals surface area contributed by atoms with E-state index in [9.17, 15) is 9.59 Å². The van der Waals surface area contributed by atoms with Gasteiger partial charge < -0.3 is 4.74 Å². The largest absolute Gasteiger partial charge is 0.466 e. The number of ketones is 1. The Morgan fingerprint density at radius 3 is 2.23 bits per heavy atom. The number of aliphatic imine (C=N–C) groups is 1. The summed E-state index contributed by atoms with van der Waals surface area (Å²) in [5.74, 6) is -1.05. The molecule has 0 amide bonds. The molecule has 154 valence electrons. The van der Waals surface area contributed by atoms with E-state index in [2.05, 4.69) is 0 Å². The first kappa shape index (κ1) is 20.5. The van der Waals surface area contributed by atoms with Crippen molar-refractivity contribution in [2.75, 3.05) is 7.11 Å². The van der Waals surface area contributed by atoms with E-state index in [0.29, 0.717) is 29.1 Å². The van der Waals surface area contributed by atoms with Crippen LogP contribution in [0.2, 0.25) is 5.02 Å². The number of methoxy groups -OCH3 is 1. The van der Waals surface area contributed by atoms with E-state index in [1.165, 1.54) is 7.11 Å². The van der Waals surface area contributed by atoms with Crippen LogP contribution in [0.25, 0.3) is 0 Å². The third kappa shape index (κ3) is 3.72. The quantitative estimate of drug-likeness (QED) is 0.624. The van der Waals surface area contributed by atoms with Gasteiger partial charge in [-0.2, -0.15) is 0 Å². The van der Waals surface area contributed by atoms with Crippen LogP contribution in [-0.4, -0.2) is 24.6 Å². The summed E-state index contributed by atoms with van der Waals surface area (Å²) in [6, 6.07) is 15.7. The molecule has 2 aliphatic rings. The first-order chi connectivity index (χ1) is 14.4. The smallest absolute Gasteiger partial charge is 0.336 e. The Hall–Kier alpha value is -2.72. The van der Waals surface area contributed by atoms with Crippen molar-refractivity contribution in [3.8, 4) is 0 Å². The average Bonchev–Trinajstić information content (AvgIpc) is 2.73. The minimum atomic E-state index is -0.436. The SMILES string of the molecule is COC(=O)C1=C(C)N=C2C[C@@H](c3ccc(Cl)cc3)CC(=O)C2[C@H]1c1ccc(C)cc1. The lowest BCUT2D eigenvalue weighted by atomic mass is 9.66. The average molecular weight is 422 g/mol. The van der Waals surface area contributed by atoms with Gasteiger partial charge in [0.2, 0.25) is 0 Å². The van der Waals surface area contributed by atoms with Gasteiger partial charge in [0.15, 0.2) is 0 Å². The maximum absolute atomic E-state index is 13.4. The third-order valence-electron chi connectivity index (χ3n) is 6.14. The highest BCUT2D eigenvalue weighted by atomic mass is 35.5. The number of hydrogen-bond acceptors (Lipinski definition) is 4. The Labute approximate surface area is 181 Å². The fraction of sp³-hybridized carbons (Fsp3) is 0.320. The van der Waals surface area contributed by atoms with Crippen molar-refractivity contribution in [3.63, 3.8) is 0 Å². The monoisotopic (exact) mass is 421 g/mol. The number of ether oxygens (including phenoxy) is 1. The van der Waals surface area contributed by atoms with Gasteiger partial charge in [-0.15, -0.1) is 0 Å². The maximum atomic E-state index is 13.4. The van der Waals surface area contributed by atoms with Gasteiger partial charge in [-0.05, 0) is 49.4 Å². The molecule has 4 nitrogen and oxygen atoms in total. The van der Waals surface area contributed by atoms with Crippen LogP contribution in [0.4, 0.5) is 0 Å². The summed E-state index contributed by atoms with van der Waals surface area (Å²) in [4.78, 5) is 30.8. The molecule has 30 heavy (non-hydrogen) atoms. The molecule has 0 radical (unpaired) electrons. The minimum absolute atomic E-state index is 0.0657. The molecule has 4 rings (SSSR count). The Bertz CT molecular complexity index is 1050. The highest BCUT2D eigenvalue weighted by Gasteiger charge is 2.45. The molecule has 0 aromatic heterocycles. The molecule has 0 spiro atoms. The van der Waals surface area contributed by atoms with Crippen LogP contribution in [0.1, 0.15) is 48.3 Å². The van der Waals surface area contributed by atoms with E-state index >= 15 is 0 Å². The lowest BCUT2D eigenvalue weighted by Gasteiger charge is -2.38. The predicted octanol–water partition coefficient (Wildman–Crippen LogP) is 5.40. The highest BCUT2D eigenvalue weighted by molar-refractivity contribution is 6.30. The molecule has 2 aromatic rings. The highest BCUT2D eigenvalue weighted by Crippen LogP contribution is 2.46. The van der Waals surface area contributed by atoms with Crippen molar-refractivity contribution in [2.24, 2.45) is 10.9 Å². The van der Waals surface area contributed by atoms with Crippen LogP contribution in [0.15, 0.2) is 64.8 Å². The molecule has 5 heteroatoms. The zero-order valence-corrected chi connectivity index (χ0v) is 18.1. The summed E-state index contributed by atoms with van der Waals surface area (Å²) in [6.07, 6.45) is 1.10. The van der Waals surface area contributed by atoms with E-state index in [1.54, 1.807) is 0 Å². The van der Waals surface area contributed by atoms with Crippen LogP contribution in [0.5, 0.6) is 0 Å². The number of carbonyl (C=O) groups is 2. The Morgan fingerprint density at radius 2 is 1.60 bits per heavy atom. The van der Waals surface area contributed by atoms with Crippen LogP contribution < -0.4 is 0 Å². The fourth-order valence-electron chi connectivity index (χ4n) is 4.66. The normalized spacial score (nSPS) is 23.7. The number of carbonyl (C=O) groups excluding carboxylic acids is 2. The summed E-state index contributed by atoms with van der Waals surface area (Å²) in [5, 5.41) is 0.676. The predicted molar refractivity (Wildman–Crippen MR) is 118 cm³/mol. The van der Waals surface area contributed by atoms with E-state index in [-0.39, 0.29) is 17.6 Å². The van der Waals surface area contributed by atoms with Crippen LogP contribution in [0.3, 0.4) is 0 Å². The molecular weight excluding hydrogens is 398 g/mol. The van der Waals surface area contributed by atoms with E-state index in [0.717, 1.165) is 22.4 Å². The number of esters is 1. The molecule has 0 saturated heterocycles. The zero-order chi connectivity index (χ0) is 21.4. The van der Waals surface area contributed by atoms with E-state index in [1.807, 2.05) is 62.4 Å². The molecule has 0 bridgehead atoms. The summed E-state index contributed by atoms with van der Waals surface area (Å²) in [7, 11) is 1.37. The molecule has 1 saturated carbocycles. The van der Waals surface area contributed by atoms with Crippen molar-refractivity contribution in [1.29, 1.82) is 0 Å². The second-order valence-corrected chi connectivity index (χ2v) is 8.52. The number of fused-ring (bicyclic) bond motifs is 1. The van der Waals surface area contributed by atoms with Gasteiger partial charge in [0.05, 0.1) is 18.6 Å². The second kappa shape index (κ2) is 8.19. The maximum Gasteiger partial charge on any atom is 0.336 e. The third-order valence-corrected chi connectivity index (χ3v) is 6.39. The number of hydrogen-bond donors (Lipinski definition) is 0. The minimum Gasteiger partial charge on any atom is -0.466 e. The number of Topliss-reactive ketones (excluding diaryl/α,β-unsaturated/α-hetero) is 1. The summed E-state index contributed by atoms with van der Waals surface area (Å²) < 4.78 is 5.06. The molecule has 1 aliphatic heterocycles. The van der Waals surface area contributed by atoms with E-state index < -0.39 is 11.9 Å². The number of allylic oxidation sites excluding steroid dienone is 1. The van der Waals surface area contributed by atoms with Crippen LogP contribution >= 0.6 is 11.6 Å². The molecule has 1 heterocycles. The van der Waals surface area contributed by atoms with Crippen molar-refractivity contribution in [2.45, 2.75) is 38.5 Å². The molecule has 0 N–H and O–H groups in total. The van der Waals surface area contributed by atoms with Gasteiger partial charge in [0, 0.05) is 28.8 Å². The van der Waals surface area contributed by atoms with Gasteiger partial charge in [-0.3, -0.25) is 9.79 Å².